The number of ketones is 1. The second kappa shape index (κ2) is 5.51. The molecular formula is C12H16O3. The number of hydrogen-bond donors (Lipinski definition) is 0. The van der Waals surface area contributed by atoms with E-state index in [1.54, 1.807) is 21.1 Å². The first-order valence-electron chi connectivity index (χ1n) is 4.81. The maximum absolute atomic E-state index is 11.0. The zero-order valence-corrected chi connectivity index (χ0v) is 9.37. The second-order valence-corrected chi connectivity index (χ2v) is 3.46. The van der Waals surface area contributed by atoms with E-state index in [2.05, 4.69) is 0 Å². The molecule has 0 unspecified atom stereocenters. The van der Waals surface area contributed by atoms with E-state index in [4.69, 9.17) is 9.47 Å². The molecule has 1 aromatic carbocycles. The molecule has 3 nitrogen and oxygen atoms in total. The minimum atomic E-state index is 0.156. The molecule has 0 aromatic heterocycles. The monoisotopic (exact) mass is 208 g/mol. The average Bonchev–Trinajstić information content (AvgIpc) is 2.18. The van der Waals surface area contributed by atoms with Crippen LogP contribution in [0.1, 0.15) is 18.1 Å². The zero-order chi connectivity index (χ0) is 11.3. The normalized spacial score (nSPS) is 10.1. The maximum atomic E-state index is 11.0. The molecule has 0 saturated carbocycles. The van der Waals surface area contributed by atoms with E-state index in [1.807, 2.05) is 18.2 Å². The van der Waals surface area contributed by atoms with E-state index >= 15 is 0 Å². The fourth-order valence-electron chi connectivity index (χ4n) is 1.50. The van der Waals surface area contributed by atoms with E-state index in [0.717, 1.165) is 16.9 Å². The lowest BCUT2D eigenvalue weighted by Crippen LogP contribution is -2.00. The van der Waals surface area contributed by atoms with Crippen LogP contribution in [0.2, 0.25) is 0 Å². The van der Waals surface area contributed by atoms with Crippen LogP contribution in [-0.4, -0.2) is 20.0 Å². The van der Waals surface area contributed by atoms with Gasteiger partial charge >= 0.3 is 0 Å². The number of benzene rings is 1. The molecule has 82 valence electrons. The summed E-state index contributed by atoms with van der Waals surface area (Å²) in [5.74, 6) is 0.952. The Kier molecular flexibility index (Phi) is 4.31. The molecule has 0 spiro atoms. The van der Waals surface area contributed by atoms with E-state index in [1.165, 1.54) is 0 Å². The summed E-state index contributed by atoms with van der Waals surface area (Å²) in [6.07, 6.45) is 0.459. The van der Waals surface area contributed by atoms with Crippen LogP contribution in [0, 0.1) is 0 Å². The Bertz CT molecular complexity index is 345. The van der Waals surface area contributed by atoms with Gasteiger partial charge in [0.2, 0.25) is 0 Å². The molecule has 0 saturated heterocycles. The summed E-state index contributed by atoms with van der Waals surface area (Å²) in [5.41, 5.74) is 1.97. The lowest BCUT2D eigenvalue weighted by atomic mass is 10.1. The lowest BCUT2D eigenvalue weighted by molar-refractivity contribution is -0.116. The summed E-state index contributed by atoms with van der Waals surface area (Å²) >= 11 is 0. The molecule has 0 aliphatic rings. The molecule has 1 aromatic rings. The van der Waals surface area contributed by atoms with Crippen LogP contribution in [0.5, 0.6) is 5.75 Å². The first-order chi connectivity index (χ1) is 7.17. The minimum Gasteiger partial charge on any atom is -0.496 e. The van der Waals surface area contributed by atoms with Gasteiger partial charge < -0.3 is 9.47 Å². The van der Waals surface area contributed by atoms with Crippen LogP contribution < -0.4 is 4.74 Å². The van der Waals surface area contributed by atoms with Crippen LogP contribution in [0.4, 0.5) is 0 Å². The number of Topliss-reactive ketones (excluding diaryl/α,β-unsaturated/α-hetero) is 1. The summed E-state index contributed by atoms with van der Waals surface area (Å²) < 4.78 is 10.3. The third-order valence-electron chi connectivity index (χ3n) is 2.10. The largest absolute Gasteiger partial charge is 0.496 e. The van der Waals surface area contributed by atoms with Crippen LogP contribution in [-0.2, 0) is 22.6 Å². The highest BCUT2D eigenvalue weighted by Gasteiger charge is 2.05. The Balaban J connectivity index is 2.93. The van der Waals surface area contributed by atoms with Gasteiger partial charge in [0.05, 0.1) is 13.7 Å². The molecule has 0 radical (unpaired) electrons. The summed E-state index contributed by atoms with van der Waals surface area (Å²) in [6.45, 7) is 2.08. The van der Waals surface area contributed by atoms with Crippen LogP contribution in [0.15, 0.2) is 18.2 Å². The van der Waals surface area contributed by atoms with Gasteiger partial charge in [-0.2, -0.15) is 0 Å². The average molecular weight is 208 g/mol. The fraction of sp³-hybridized carbons (Fsp3) is 0.417. The van der Waals surface area contributed by atoms with Gasteiger partial charge in [-0.15, -0.1) is 0 Å². The van der Waals surface area contributed by atoms with Crippen molar-refractivity contribution in [3.8, 4) is 5.75 Å². The highest BCUT2D eigenvalue weighted by Crippen LogP contribution is 2.20. The fourth-order valence-corrected chi connectivity index (χ4v) is 1.50. The lowest BCUT2D eigenvalue weighted by Gasteiger charge is -2.09. The van der Waals surface area contributed by atoms with Crippen LogP contribution in [0.3, 0.4) is 0 Å². The van der Waals surface area contributed by atoms with Gasteiger partial charge in [-0.3, -0.25) is 4.79 Å². The molecule has 0 bridgehead atoms. The summed E-state index contributed by atoms with van der Waals surface area (Å²) in [4.78, 5) is 11.0. The summed E-state index contributed by atoms with van der Waals surface area (Å²) in [5, 5.41) is 0. The Morgan fingerprint density at radius 1 is 1.33 bits per heavy atom. The number of carbonyl (C=O) groups is 1. The van der Waals surface area contributed by atoms with Crippen molar-refractivity contribution in [1.82, 2.24) is 0 Å². The summed E-state index contributed by atoms with van der Waals surface area (Å²) in [7, 11) is 3.26. The maximum Gasteiger partial charge on any atom is 0.134 e. The summed E-state index contributed by atoms with van der Waals surface area (Å²) in [6, 6.07) is 5.72. The van der Waals surface area contributed by atoms with Crippen molar-refractivity contribution >= 4 is 5.78 Å². The standard InChI is InChI=1S/C12H16O3/c1-9(13)6-10-4-5-12(15-3)11(7-10)8-14-2/h4-5,7H,6,8H2,1-3H3. The predicted octanol–water partition coefficient (Wildman–Crippen LogP) is 1.97. The number of methoxy groups -OCH3 is 2. The Morgan fingerprint density at radius 2 is 2.07 bits per heavy atom. The number of hydrogen-bond acceptors (Lipinski definition) is 3. The highest BCUT2D eigenvalue weighted by molar-refractivity contribution is 5.78. The minimum absolute atomic E-state index is 0.156. The molecule has 0 heterocycles. The Morgan fingerprint density at radius 3 is 2.60 bits per heavy atom. The van der Waals surface area contributed by atoms with Crippen molar-refractivity contribution in [3.05, 3.63) is 29.3 Å². The Labute approximate surface area is 90.0 Å². The van der Waals surface area contributed by atoms with E-state index in [0.29, 0.717) is 13.0 Å². The van der Waals surface area contributed by atoms with Crippen molar-refractivity contribution in [2.75, 3.05) is 14.2 Å². The van der Waals surface area contributed by atoms with Crippen molar-refractivity contribution < 1.29 is 14.3 Å². The molecule has 15 heavy (non-hydrogen) atoms. The van der Waals surface area contributed by atoms with Crippen molar-refractivity contribution in [3.63, 3.8) is 0 Å². The third kappa shape index (κ3) is 3.36. The molecule has 0 aliphatic heterocycles. The first-order valence-corrected chi connectivity index (χ1v) is 4.81. The molecule has 1 rings (SSSR count). The number of rotatable bonds is 5. The van der Waals surface area contributed by atoms with E-state index in [9.17, 15) is 4.79 Å². The number of ether oxygens (including phenoxy) is 2. The molecule has 0 N–H and O–H groups in total. The second-order valence-electron chi connectivity index (χ2n) is 3.46. The third-order valence-corrected chi connectivity index (χ3v) is 2.10. The highest BCUT2D eigenvalue weighted by atomic mass is 16.5. The van der Waals surface area contributed by atoms with Gasteiger partial charge in [0.15, 0.2) is 0 Å². The van der Waals surface area contributed by atoms with Crippen molar-refractivity contribution in [2.24, 2.45) is 0 Å². The van der Waals surface area contributed by atoms with Gasteiger partial charge in [-0.05, 0) is 24.6 Å². The van der Waals surface area contributed by atoms with Crippen molar-refractivity contribution in [1.29, 1.82) is 0 Å². The molecule has 0 fully saturated rings. The molecule has 0 atom stereocenters. The molecular weight excluding hydrogens is 192 g/mol. The van der Waals surface area contributed by atoms with Gasteiger partial charge in [0.1, 0.15) is 11.5 Å². The molecule has 0 amide bonds. The van der Waals surface area contributed by atoms with Crippen molar-refractivity contribution in [2.45, 2.75) is 20.0 Å². The van der Waals surface area contributed by atoms with Gasteiger partial charge in [-0.25, -0.2) is 0 Å². The SMILES string of the molecule is COCc1cc(CC(C)=O)ccc1OC. The Hall–Kier alpha value is -1.35. The smallest absolute Gasteiger partial charge is 0.134 e. The molecule has 3 heteroatoms. The van der Waals surface area contributed by atoms with Gasteiger partial charge in [0, 0.05) is 19.1 Å². The van der Waals surface area contributed by atoms with Crippen LogP contribution >= 0.6 is 0 Å². The van der Waals surface area contributed by atoms with E-state index in [-0.39, 0.29) is 5.78 Å². The quantitative estimate of drug-likeness (QED) is 0.742. The first kappa shape index (κ1) is 11.7. The van der Waals surface area contributed by atoms with Crippen LogP contribution in [0.25, 0.3) is 0 Å². The van der Waals surface area contributed by atoms with E-state index < -0.39 is 0 Å². The number of carbonyl (C=O) groups excluding carboxylic acids is 1. The van der Waals surface area contributed by atoms with Gasteiger partial charge in [0.25, 0.3) is 0 Å². The molecule has 0 aliphatic carbocycles. The predicted molar refractivity (Wildman–Crippen MR) is 58.1 cm³/mol. The topological polar surface area (TPSA) is 35.5 Å². The zero-order valence-electron chi connectivity index (χ0n) is 9.37. The van der Waals surface area contributed by atoms with Gasteiger partial charge in [-0.1, -0.05) is 6.07 Å².